The summed E-state index contributed by atoms with van der Waals surface area (Å²) in [7, 11) is 1.72. The number of nitrogens with two attached hydrogens (primary N) is 1. The molecule has 1 aromatic carbocycles. The number of methoxy groups -OCH3 is 1. The number of ether oxygens (including phenoxy) is 1. The quantitative estimate of drug-likeness (QED) is 0.817. The maximum Gasteiger partial charge on any atom is 0.245 e. The summed E-state index contributed by atoms with van der Waals surface area (Å²) in [5.41, 5.74) is 10.0. The van der Waals surface area contributed by atoms with E-state index in [0.29, 0.717) is 6.61 Å². The molecule has 3 N–H and O–H groups in total. The third-order valence-corrected chi connectivity index (χ3v) is 3.91. The third kappa shape index (κ3) is 2.30. The number of fused-ring (bicyclic) bond motifs is 1. The van der Waals surface area contributed by atoms with E-state index in [9.17, 15) is 4.79 Å². The van der Waals surface area contributed by atoms with Gasteiger partial charge in [0.15, 0.2) is 0 Å². The van der Waals surface area contributed by atoms with Crippen molar-refractivity contribution in [3.05, 3.63) is 35.4 Å². The van der Waals surface area contributed by atoms with Gasteiger partial charge < -0.3 is 20.7 Å². The highest BCUT2D eigenvalue weighted by Gasteiger charge is 2.27. The average Bonchev–Trinajstić information content (AvgIpc) is 2.75. The molecular weight excluding hydrogens is 254 g/mol. The van der Waals surface area contributed by atoms with E-state index in [0.717, 1.165) is 36.4 Å². The topological polar surface area (TPSA) is 67.6 Å². The van der Waals surface area contributed by atoms with Crippen LogP contribution in [0.5, 0.6) is 0 Å². The Bertz CT molecular complexity index is 568. The molecule has 0 saturated carbocycles. The second-order valence-corrected chi connectivity index (χ2v) is 5.23. The van der Waals surface area contributed by atoms with Gasteiger partial charge in [-0.25, -0.2) is 0 Å². The number of carbonyl (C=O) groups excluding carboxylic acids is 1. The zero-order chi connectivity index (χ0) is 14.1. The second-order valence-electron chi connectivity index (χ2n) is 5.23. The molecule has 5 nitrogen and oxygen atoms in total. The largest absolute Gasteiger partial charge is 0.380 e. The standard InChI is InChI=1S/C15H19N3O2/c1-20-9-10-4-6-18(7-5-10)11-2-3-12-13(8-11)17-15(19)14(12)16/h2-4,8,14H,5-7,9,16H2,1H3,(H,17,19). The van der Waals surface area contributed by atoms with Crippen molar-refractivity contribution in [2.75, 3.05) is 37.0 Å². The van der Waals surface area contributed by atoms with E-state index in [1.165, 1.54) is 5.57 Å². The number of rotatable bonds is 3. The summed E-state index contributed by atoms with van der Waals surface area (Å²) in [5.74, 6) is -0.127. The molecule has 1 aromatic rings. The predicted molar refractivity (Wildman–Crippen MR) is 78.8 cm³/mol. The summed E-state index contributed by atoms with van der Waals surface area (Å²) in [4.78, 5) is 13.8. The van der Waals surface area contributed by atoms with Crippen molar-refractivity contribution in [2.45, 2.75) is 12.5 Å². The number of carbonyl (C=O) groups is 1. The third-order valence-electron chi connectivity index (χ3n) is 3.91. The summed E-state index contributed by atoms with van der Waals surface area (Å²) in [6.07, 6.45) is 3.22. The minimum atomic E-state index is -0.534. The first kappa shape index (κ1) is 13.1. The van der Waals surface area contributed by atoms with Gasteiger partial charge in [0.25, 0.3) is 0 Å². The van der Waals surface area contributed by atoms with Crippen molar-refractivity contribution in [3.63, 3.8) is 0 Å². The zero-order valence-electron chi connectivity index (χ0n) is 11.6. The van der Waals surface area contributed by atoms with Gasteiger partial charge >= 0.3 is 0 Å². The van der Waals surface area contributed by atoms with Crippen LogP contribution in [0.3, 0.4) is 0 Å². The average molecular weight is 273 g/mol. The maximum absolute atomic E-state index is 11.6. The fourth-order valence-corrected chi connectivity index (χ4v) is 2.73. The fourth-order valence-electron chi connectivity index (χ4n) is 2.73. The lowest BCUT2D eigenvalue weighted by molar-refractivity contribution is -0.116. The van der Waals surface area contributed by atoms with Crippen LogP contribution in [0, 0.1) is 0 Å². The molecule has 0 fully saturated rings. The smallest absolute Gasteiger partial charge is 0.245 e. The number of hydrogen-bond acceptors (Lipinski definition) is 4. The molecule has 1 amide bonds. The second kappa shape index (κ2) is 5.26. The summed E-state index contributed by atoms with van der Waals surface area (Å²) >= 11 is 0. The molecule has 106 valence electrons. The van der Waals surface area contributed by atoms with Gasteiger partial charge in [0, 0.05) is 37.1 Å². The highest BCUT2D eigenvalue weighted by Crippen LogP contribution is 2.33. The Hall–Kier alpha value is -1.85. The first-order chi connectivity index (χ1) is 9.69. The van der Waals surface area contributed by atoms with E-state index in [-0.39, 0.29) is 5.91 Å². The molecular formula is C15H19N3O2. The highest BCUT2D eigenvalue weighted by atomic mass is 16.5. The first-order valence-corrected chi connectivity index (χ1v) is 6.81. The Balaban J connectivity index is 1.77. The summed E-state index contributed by atoms with van der Waals surface area (Å²) in [5, 5.41) is 2.83. The molecule has 0 aromatic heterocycles. The van der Waals surface area contributed by atoms with Crippen LogP contribution in [0.25, 0.3) is 0 Å². The summed E-state index contributed by atoms with van der Waals surface area (Å²) in [6, 6.07) is 5.46. The van der Waals surface area contributed by atoms with E-state index in [2.05, 4.69) is 16.3 Å². The van der Waals surface area contributed by atoms with Crippen LogP contribution in [0.15, 0.2) is 29.8 Å². The van der Waals surface area contributed by atoms with Crippen molar-refractivity contribution in [1.29, 1.82) is 0 Å². The van der Waals surface area contributed by atoms with Crippen LogP contribution in [0.4, 0.5) is 11.4 Å². The number of nitrogens with zero attached hydrogens (tertiary/aromatic N) is 1. The molecule has 3 rings (SSSR count). The van der Waals surface area contributed by atoms with E-state index >= 15 is 0 Å². The van der Waals surface area contributed by atoms with Gasteiger partial charge in [-0.05, 0) is 24.1 Å². The van der Waals surface area contributed by atoms with Gasteiger partial charge in [0.05, 0.1) is 6.61 Å². The molecule has 20 heavy (non-hydrogen) atoms. The van der Waals surface area contributed by atoms with Crippen LogP contribution < -0.4 is 16.0 Å². The van der Waals surface area contributed by atoms with Gasteiger partial charge in [0.2, 0.25) is 5.91 Å². The van der Waals surface area contributed by atoms with Crippen LogP contribution in [-0.2, 0) is 9.53 Å². The Morgan fingerprint density at radius 3 is 3.05 bits per heavy atom. The van der Waals surface area contributed by atoms with E-state index in [1.54, 1.807) is 7.11 Å². The number of nitrogens with one attached hydrogen (secondary N) is 1. The van der Waals surface area contributed by atoms with Crippen LogP contribution in [0.1, 0.15) is 18.0 Å². The number of hydrogen-bond donors (Lipinski definition) is 2. The van der Waals surface area contributed by atoms with Crippen molar-refractivity contribution in [2.24, 2.45) is 5.73 Å². The van der Waals surface area contributed by atoms with Gasteiger partial charge in [-0.3, -0.25) is 4.79 Å². The minimum Gasteiger partial charge on any atom is -0.380 e. The van der Waals surface area contributed by atoms with Crippen LogP contribution >= 0.6 is 0 Å². The van der Waals surface area contributed by atoms with Crippen molar-refractivity contribution in [3.8, 4) is 0 Å². The van der Waals surface area contributed by atoms with Crippen molar-refractivity contribution in [1.82, 2.24) is 0 Å². The lowest BCUT2D eigenvalue weighted by Crippen LogP contribution is -2.29. The molecule has 5 heteroatoms. The molecule has 1 unspecified atom stereocenters. The molecule has 0 bridgehead atoms. The SMILES string of the molecule is COCC1=CCN(c2ccc3c(c2)NC(=O)C3N)CC1. The number of anilines is 2. The predicted octanol–water partition coefficient (Wildman–Crippen LogP) is 1.42. The molecule has 1 atom stereocenters. The maximum atomic E-state index is 11.6. The van der Waals surface area contributed by atoms with E-state index < -0.39 is 6.04 Å². The summed E-state index contributed by atoms with van der Waals surface area (Å²) < 4.78 is 5.16. The Labute approximate surface area is 118 Å². The normalized spacial score (nSPS) is 21.5. The van der Waals surface area contributed by atoms with E-state index in [4.69, 9.17) is 10.5 Å². The lowest BCUT2D eigenvalue weighted by Gasteiger charge is -2.28. The van der Waals surface area contributed by atoms with Crippen LogP contribution in [0.2, 0.25) is 0 Å². The number of benzene rings is 1. The fraction of sp³-hybridized carbons (Fsp3) is 0.400. The lowest BCUT2D eigenvalue weighted by atomic mass is 10.1. The first-order valence-electron chi connectivity index (χ1n) is 6.81. The Kier molecular flexibility index (Phi) is 3.46. The van der Waals surface area contributed by atoms with Gasteiger partial charge in [-0.2, -0.15) is 0 Å². The van der Waals surface area contributed by atoms with Crippen molar-refractivity contribution < 1.29 is 9.53 Å². The Morgan fingerprint density at radius 1 is 1.50 bits per heavy atom. The van der Waals surface area contributed by atoms with Gasteiger partial charge in [-0.15, -0.1) is 0 Å². The highest BCUT2D eigenvalue weighted by molar-refractivity contribution is 6.02. The molecule has 0 radical (unpaired) electrons. The molecule has 0 aliphatic carbocycles. The zero-order valence-corrected chi connectivity index (χ0v) is 11.6. The van der Waals surface area contributed by atoms with Crippen LogP contribution in [-0.4, -0.2) is 32.7 Å². The van der Waals surface area contributed by atoms with Gasteiger partial charge in [0.1, 0.15) is 6.04 Å². The van der Waals surface area contributed by atoms with Crippen molar-refractivity contribution >= 4 is 17.3 Å². The monoisotopic (exact) mass is 273 g/mol. The van der Waals surface area contributed by atoms with E-state index in [1.807, 2.05) is 18.2 Å². The molecule has 2 aliphatic heterocycles. The summed E-state index contributed by atoms with van der Waals surface area (Å²) in [6.45, 7) is 2.55. The molecule has 0 spiro atoms. The Morgan fingerprint density at radius 2 is 2.35 bits per heavy atom. The number of amides is 1. The molecule has 2 heterocycles. The minimum absolute atomic E-state index is 0.127. The molecule has 2 aliphatic rings. The molecule has 0 saturated heterocycles. The van der Waals surface area contributed by atoms with Gasteiger partial charge in [-0.1, -0.05) is 12.1 Å².